The second-order valence-electron chi connectivity index (χ2n) is 3.97. The molecule has 2 aromatic rings. The Bertz CT molecular complexity index is 550. The van der Waals surface area contributed by atoms with Crippen LogP contribution in [0.25, 0.3) is 11.1 Å². The van der Waals surface area contributed by atoms with E-state index in [1.54, 1.807) is 18.2 Å². The number of benzene rings is 2. The van der Waals surface area contributed by atoms with Crippen molar-refractivity contribution in [2.24, 2.45) is 5.73 Å². The third kappa shape index (κ3) is 2.34. The first-order valence-electron chi connectivity index (χ1n) is 5.37. The molecule has 2 rings (SSSR count). The molecule has 0 heterocycles. The lowest BCUT2D eigenvalue weighted by Gasteiger charge is -2.08. The van der Waals surface area contributed by atoms with E-state index >= 15 is 0 Å². The maximum Gasteiger partial charge on any atom is 0.127 e. The molecule has 0 spiro atoms. The molecule has 88 valence electrons. The van der Waals surface area contributed by atoms with Crippen LogP contribution >= 0.6 is 0 Å². The first kappa shape index (κ1) is 11.7. The molecule has 0 aliphatic rings. The number of hydrogen-bond acceptors (Lipinski definition) is 1. The molecule has 0 aliphatic heterocycles. The van der Waals surface area contributed by atoms with Crippen LogP contribution in [-0.4, -0.2) is 0 Å². The summed E-state index contributed by atoms with van der Waals surface area (Å²) in [5.41, 5.74) is 8.38. The predicted octanol–water partition coefficient (Wildman–Crippen LogP) is 3.40. The van der Waals surface area contributed by atoms with E-state index in [2.05, 4.69) is 0 Å². The number of rotatable bonds is 2. The van der Waals surface area contributed by atoms with Crippen molar-refractivity contribution in [1.29, 1.82) is 0 Å². The quantitative estimate of drug-likeness (QED) is 0.845. The number of aryl methyl sites for hydroxylation is 1. The van der Waals surface area contributed by atoms with Crippen LogP contribution in [0.1, 0.15) is 11.1 Å². The summed E-state index contributed by atoms with van der Waals surface area (Å²) in [4.78, 5) is 0. The van der Waals surface area contributed by atoms with Crippen molar-refractivity contribution >= 4 is 0 Å². The zero-order valence-corrected chi connectivity index (χ0v) is 9.50. The fourth-order valence-corrected chi connectivity index (χ4v) is 1.80. The summed E-state index contributed by atoms with van der Waals surface area (Å²) >= 11 is 0. The molecule has 2 N–H and O–H groups in total. The van der Waals surface area contributed by atoms with Gasteiger partial charge in [0.25, 0.3) is 0 Å². The molecule has 0 atom stereocenters. The molecule has 0 aromatic heterocycles. The highest BCUT2D eigenvalue weighted by Crippen LogP contribution is 2.26. The van der Waals surface area contributed by atoms with Crippen LogP contribution in [0.5, 0.6) is 0 Å². The van der Waals surface area contributed by atoms with Crippen LogP contribution < -0.4 is 5.73 Å². The molecule has 3 heteroatoms. The van der Waals surface area contributed by atoms with Crippen molar-refractivity contribution in [1.82, 2.24) is 0 Å². The molecule has 0 saturated carbocycles. The topological polar surface area (TPSA) is 26.0 Å². The molecule has 0 amide bonds. The van der Waals surface area contributed by atoms with Crippen molar-refractivity contribution in [3.05, 3.63) is 59.2 Å². The third-order valence-electron chi connectivity index (χ3n) is 2.78. The summed E-state index contributed by atoms with van der Waals surface area (Å²) in [6.07, 6.45) is 0. The fraction of sp³-hybridized carbons (Fsp3) is 0.143. The monoisotopic (exact) mass is 233 g/mol. The first-order valence-corrected chi connectivity index (χ1v) is 5.37. The van der Waals surface area contributed by atoms with E-state index < -0.39 is 0 Å². The van der Waals surface area contributed by atoms with Crippen LogP contribution in [-0.2, 0) is 6.54 Å². The van der Waals surface area contributed by atoms with E-state index in [1.165, 1.54) is 18.2 Å². The third-order valence-corrected chi connectivity index (χ3v) is 2.78. The van der Waals surface area contributed by atoms with E-state index in [0.29, 0.717) is 5.56 Å². The van der Waals surface area contributed by atoms with Gasteiger partial charge in [-0.05, 0) is 47.9 Å². The summed E-state index contributed by atoms with van der Waals surface area (Å²) < 4.78 is 26.5. The van der Waals surface area contributed by atoms with Gasteiger partial charge in [-0.15, -0.1) is 0 Å². The second kappa shape index (κ2) is 4.63. The summed E-state index contributed by atoms with van der Waals surface area (Å²) in [5, 5.41) is 0. The van der Waals surface area contributed by atoms with Gasteiger partial charge in [0.05, 0.1) is 0 Å². The predicted molar refractivity (Wildman–Crippen MR) is 64.4 cm³/mol. The molecule has 0 fully saturated rings. The van der Waals surface area contributed by atoms with Gasteiger partial charge in [0.1, 0.15) is 11.6 Å². The number of halogens is 2. The summed E-state index contributed by atoms with van der Waals surface area (Å²) in [6.45, 7) is 2.02. The molecule has 0 saturated heterocycles. The average molecular weight is 233 g/mol. The fourth-order valence-electron chi connectivity index (χ4n) is 1.80. The van der Waals surface area contributed by atoms with Crippen LogP contribution in [0.15, 0.2) is 36.4 Å². The van der Waals surface area contributed by atoms with Gasteiger partial charge in [-0.3, -0.25) is 0 Å². The summed E-state index contributed by atoms with van der Waals surface area (Å²) in [5.74, 6) is -0.630. The zero-order valence-electron chi connectivity index (χ0n) is 9.50. The smallest absolute Gasteiger partial charge is 0.127 e. The van der Waals surface area contributed by atoms with Crippen molar-refractivity contribution < 1.29 is 8.78 Å². The minimum atomic E-state index is -0.328. The highest BCUT2D eigenvalue weighted by atomic mass is 19.1. The highest BCUT2D eigenvalue weighted by Gasteiger charge is 2.07. The normalized spacial score (nSPS) is 10.6. The van der Waals surface area contributed by atoms with E-state index in [9.17, 15) is 8.78 Å². The highest BCUT2D eigenvalue weighted by molar-refractivity contribution is 5.67. The van der Waals surface area contributed by atoms with Gasteiger partial charge < -0.3 is 5.73 Å². The van der Waals surface area contributed by atoms with Crippen LogP contribution in [0, 0.1) is 18.6 Å². The number of nitrogens with two attached hydrogens (primary N) is 1. The molecular weight excluding hydrogens is 220 g/mol. The minimum Gasteiger partial charge on any atom is -0.326 e. The van der Waals surface area contributed by atoms with Crippen molar-refractivity contribution in [3.63, 3.8) is 0 Å². The largest absolute Gasteiger partial charge is 0.326 e. The van der Waals surface area contributed by atoms with Gasteiger partial charge in [0.2, 0.25) is 0 Å². The van der Waals surface area contributed by atoms with Crippen molar-refractivity contribution in [2.75, 3.05) is 0 Å². The average Bonchev–Trinajstić information content (AvgIpc) is 2.33. The summed E-state index contributed by atoms with van der Waals surface area (Å²) in [6, 6.07) is 9.22. The van der Waals surface area contributed by atoms with Crippen LogP contribution in [0.3, 0.4) is 0 Å². The SMILES string of the molecule is Cc1ccc(F)cc1-c1ccc(F)c(CN)c1. The zero-order chi connectivity index (χ0) is 12.4. The maximum atomic E-state index is 13.3. The van der Waals surface area contributed by atoms with Gasteiger partial charge in [-0.1, -0.05) is 12.1 Å². The van der Waals surface area contributed by atoms with Gasteiger partial charge in [-0.2, -0.15) is 0 Å². The van der Waals surface area contributed by atoms with Crippen LogP contribution in [0.4, 0.5) is 8.78 Å². The molecule has 0 unspecified atom stereocenters. The Morgan fingerprint density at radius 2 is 1.82 bits per heavy atom. The number of hydrogen-bond donors (Lipinski definition) is 1. The van der Waals surface area contributed by atoms with E-state index in [1.807, 2.05) is 6.92 Å². The molecular formula is C14H13F2N. The molecule has 0 aliphatic carbocycles. The van der Waals surface area contributed by atoms with Gasteiger partial charge in [0.15, 0.2) is 0 Å². The Hall–Kier alpha value is -1.74. The summed E-state index contributed by atoms with van der Waals surface area (Å²) in [7, 11) is 0. The second-order valence-corrected chi connectivity index (χ2v) is 3.97. The lowest BCUT2D eigenvalue weighted by molar-refractivity contribution is 0.611. The van der Waals surface area contributed by atoms with Crippen molar-refractivity contribution in [2.45, 2.75) is 13.5 Å². The van der Waals surface area contributed by atoms with Gasteiger partial charge in [-0.25, -0.2) is 8.78 Å². The van der Waals surface area contributed by atoms with Crippen LogP contribution in [0.2, 0.25) is 0 Å². The molecule has 17 heavy (non-hydrogen) atoms. The molecule has 0 radical (unpaired) electrons. The Balaban J connectivity index is 2.56. The Morgan fingerprint density at radius 3 is 2.53 bits per heavy atom. The standard InChI is InChI=1S/C14H13F2N/c1-9-2-4-12(15)7-13(9)10-3-5-14(16)11(6-10)8-17/h2-7H,8,17H2,1H3. The van der Waals surface area contributed by atoms with Crippen molar-refractivity contribution in [3.8, 4) is 11.1 Å². The van der Waals surface area contributed by atoms with E-state index in [4.69, 9.17) is 5.73 Å². The van der Waals surface area contributed by atoms with Gasteiger partial charge >= 0.3 is 0 Å². The Labute approximate surface area is 98.9 Å². The van der Waals surface area contributed by atoms with Gasteiger partial charge in [0, 0.05) is 12.1 Å². The maximum absolute atomic E-state index is 13.3. The van der Waals surface area contributed by atoms with E-state index in [-0.39, 0.29) is 18.2 Å². The van der Waals surface area contributed by atoms with E-state index in [0.717, 1.165) is 16.7 Å². The molecule has 1 nitrogen and oxygen atoms in total. The molecule has 0 bridgehead atoms. The Morgan fingerprint density at radius 1 is 1.06 bits per heavy atom. The first-order chi connectivity index (χ1) is 8.11. The lowest BCUT2D eigenvalue weighted by Crippen LogP contribution is -2.00. The molecule has 2 aromatic carbocycles. The Kier molecular flexibility index (Phi) is 3.20. The lowest BCUT2D eigenvalue weighted by atomic mass is 9.98. The minimum absolute atomic E-state index is 0.133.